The number of alkyl halides is 1. The third-order valence-electron chi connectivity index (χ3n) is 9.20. The van der Waals surface area contributed by atoms with Crippen LogP contribution in [0.2, 0.25) is 0 Å². The summed E-state index contributed by atoms with van der Waals surface area (Å²) in [7, 11) is 3.10. The molecule has 1 aliphatic heterocycles. The van der Waals surface area contributed by atoms with Gasteiger partial charge < -0.3 is 39.6 Å². The number of rotatable bonds is 18. The molecule has 5 rings (SSSR count). The van der Waals surface area contributed by atoms with E-state index in [0.717, 1.165) is 29.7 Å². The van der Waals surface area contributed by atoms with Crippen LogP contribution in [-0.4, -0.2) is 79.9 Å². The van der Waals surface area contributed by atoms with Gasteiger partial charge in [-0.1, -0.05) is 67.9 Å². The van der Waals surface area contributed by atoms with E-state index in [0.29, 0.717) is 34.7 Å². The van der Waals surface area contributed by atoms with Crippen molar-refractivity contribution in [2.24, 2.45) is 0 Å². The van der Waals surface area contributed by atoms with Gasteiger partial charge in [0.1, 0.15) is 23.2 Å². The number of nitrogens with one attached hydrogen (secondary N) is 4. The van der Waals surface area contributed by atoms with Gasteiger partial charge in [-0.3, -0.25) is 23.9 Å². The number of unbranched alkanes of at least 4 members (excludes halogenated alkanes) is 1. The fourth-order valence-corrected chi connectivity index (χ4v) is 6.28. The third-order valence-corrected chi connectivity index (χ3v) is 9.20. The van der Waals surface area contributed by atoms with E-state index >= 15 is 4.39 Å². The van der Waals surface area contributed by atoms with Crippen LogP contribution in [0.3, 0.4) is 0 Å². The summed E-state index contributed by atoms with van der Waals surface area (Å²) in [6, 6.07) is 24.4. The van der Waals surface area contributed by atoms with E-state index in [9.17, 15) is 24.0 Å². The number of benzene rings is 3. The number of amides is 3. The van der Waals surface area contributed by atoms with Gasteiger partial charge in [0.15, 0.2) is 18.5 Å². The maximum atomic E-state index is 16.5. The second-order valence-corrected chi connectivity index (χ2v) is 12.9. The molecule has 3 aromatic carbocycles. The standard InChI is InChI=1S/C40H46FN5O10/c1-4-5-22-42-38(50)44-25-43-32(47)19-20-34(49)56-36-31(55-37(35(36)41)46-23-21-33(48)45-39(46)51)24-54-40(26-9-7-6-8-10-26,27-11-15-29(52-2)16-12-27)28-13-17-30(53-3)18-14-28/h6-18,21,23,31,35-37H,4-5,19-20,22,24-25H2,1-3H3,(H,43,47)(H2,42,44,50)(H,45,48,51)/t31-,35?,36+,37-/m1/s1. The molecule has 4 aromatic rings. The fraction of sp³-hybridized carbons (Fsp3) is 0.375. The number of aromatic nitrogens is 2. The average Bonchev–Trinajstić information content (AvgIpc) is 3.51. The van der Waals surface area contributed by atoms with Crippen LogP contribution >= 0.6 is 0 Å². The Morgan fingerprint density at radius 3 is 2.05 bits per heavy atom. The number of nitrogens with zero attached hydrogens (tertiary/aromatic N) is 1. The van der Waals surface area contributed by atoms with Crippen LogP contribution in [-0.2, 0) is 29.4 Å². The number of halogens is 1. The molecule has 15 nitrogen and oxygen atoms in total. The number of urea groups is 1. The van der Waals surface area contributed by atoms with Crippen molar-refractivity contribution >= 4 is 17.9 Å². The van der Waals surface area contributed by atoms with E-state index < -0.39 is 65.8 Å². The Morgan fingerprint density at radius 2 is 1.46 bits per heavy atom. The molecule has 0 saturated carbocycles. The van der Waals surface area contributed by atoms with Crippen molar-refractivity contribution in [3.8, 4) is 11.5 Å². The number of esters is 1. The number of hydrogen-bond acceptors (Lipinski definition) is 10. The van der Waals surface area contributed by atoms with Gasteiger partial charge in [-0.25, -0.2) is 14.0 Å². The number of carbonyl (C=O) groups is 3. The Morgan fingerprint density at radius 1 is 0.839 bits per heavy atom. The molecule has 4 atom stereocenters. The topological polar surface area (TPSA) is 188 Å². The highest BCUT2D eigenvalue weighted by Crippen LogP contribution is 2.43. The van der Waals surface area contributed by atoms with Gasteiger partial charge >= 0.3 is 17.7 Å². The molecule has 1 aliphatic rings. The minimum absolute atomic E-state index is 0.171. The predicted octanol–water partition coefficient (Wildman–Crippen LogP) is 3.66. The van der Waals surface area contributed by atoms with Crippen LogP contribution in [0, 0.1) is 0 Å². The first-order valence-electron chi connectivity index (χ1n) is 18.2. The SMILES string of the molecule is CCCCNC(=O)NCNC(=O)CCC(=O)O[C@@H]1C(F)[C@H](n2ccc(=O)[nH]c2=O)O[C@@H]1COC(c1ccccc1)(c1ccc(OC)cc1)c1ccc(OC)cc1. The molecular weight excluding hydrogens is 729 g/mol. The highest BCUT2D eigenvalue weighted by atomic mass is 19.1. The molecule has 0 radical (unpaired) electrons. The zero-order chi connectivity index (χ0) is 40.1. The predicted molar refractivity (Wildman–Crippen MR) is 202 cm³/mol. The molecular formula is C40H46FN5O10. The summed E-state index contributed by atoms with van der Waals surface area (Å²) in [6.45, 7) is 1.94. The van der Waals surface area contributed by atoms with Crippen molar-refractivity contribution in [3.05, 3.63) is 129 Å². The van der Waals surface area contributed by atoms with Crippen LogP contribution < -0.4 is 36.7 Å². The van der Waals surface area contributed by atoms with E-state index in [1.54, 1.807) is 38.5 Å². The van der Waals surface area contributed by atoms with Crippen molar-refractivity contribution in [2.45, 2.75) is 62.8 Å². The van der Waals surface area contributed by atoms with Crippen LogP contribution in [0.25, 0.3) is 0 Å². The smallest absolute Gasteiger partial charge is 0.330 e. The molecule has 0 aliphatic carbocycles. The number of ether oxygens (including phenoxy) is 5. The van der Waals surface area contributed by atoms with Crippen molar-refractivity contribution in [1.82, 2.24) is 25.5 Å². The first kappa shape index (κ1) is 41.2. The number of aromatic amines is 1. The zero-order valence-electron chi connectivity index (χ0n) is 31.3. The van der Waals surface area contributed by atoms with Gasteiger partial charge in [0.25, 0.3) is 5.56 Å². The number of methoxy groups -OCH3 is 2. The molecule has 1 fully saturated rings. The van der Waals surface area contributed by atoms with E-state index in [4.69, 9.17) is 23.7 Å². The average molecular weight is 776 g/mol. The number of carbonyl (C=O) groups excluding carboxylic acids is 3. The summed E-state index contributed by atoms with van der Waals surface area (Å²) in [5, 5.41) is 7.63. The Balaban J connectivity index is 1.41. The highest BCUT2D eigenvalue weighted by Gasteiger charge is 2.50. The fourth-order valence-electron chi connectivity index (χ4n) is 6.28. The summed E-state index contributed by atoms with van der Waals surface area (Å²) in [5.74, 6) is -0.270. The lowest BCUT2D eigenvalue weighted by molar-refractivity contribution is -0.158. The molecule has 0 bridgehead atoms. The Hall–Kier alpha value is -6.00. The van der Waals surface area contributed by atoms with Crippen molar-refractivity contribution < 1.29 is 42.5 Å². The van der Waals surface area contributed by atoms with Gasteiger partial charge in [0.05, 0.1) is 33.9 Å². The Labute approximate surface area is 322 Å². The first-order valence-corrected chi connectivity index (χ1v) is 18.2. The van der Waals surface area contributed by atoms with Crippen LogP contribution in [0.4, 0.5) is 9.18 Å². The van der Waals surface area contributed by atoms with Gasteiger partial charge in [0.2, 0.25) is 5.91 Å². The summed E-state index contributed by atoms with van der Waals surface area (Å²) >= 11 is 0. The maximum Gasteiger partial charge on any atom is 0.330 e. The Bertz CT molecular complexity index is 1980. The lowest BCUT2D eigenvalue weighted by Crippen LogP contribution is -2.43. The summed E-state index contributed by atoms with van der Waals surface area (Å²) in [6.07, 6.45) is -4.56. The monoisotopic (exact) mass is 775 g/mol. The molecule has 1 aromatic heterocycles. The van der Waals surface area contributed by atoms with E-state index in [1.165, 1.54) is 0 Å². The van der Waals surface area contributed by atoms with Crippen LogP contribution in [0.5, 0.6) is 11.5 Å². The van der Waals surface area contributed by atoms with E-state index in [-0.39, 0.29) is 19.7 Å². The molecule has 298 valence electrons. The molecule has 4 N–H and O–H groups in total. The minimum atomic E-state index is -2.10. The lowest BCUT2D eigenvalue weighted by Gasteiger charge is -2.37. The number of H-pyrrole nitrogens is 1. The first-order chi connectivity index (χ1) is 27.1. The molecule has 1 saturated heterocycles. The molecule has 2 heterocycles. The van der Waals surface area contributed by atoms with Gasteiger partial charge in [-0.2, -0.15) is 0 Å². The van der Waals surface area contributed by atoms with Crippen molar-refractivity contribution in [1.29, 1.82) is 0 Å². The summed E-state index contributed by atoms with van der Waals surface area (Å²) in [4.78, 5) is 64.2. The third kappa shape index (κ3) is 9.99. The quantitative estimate of drug-likeness (QED) is 0.0503. The van der Waals surface area contributed by atoms with Gasteiger partial charge in [-0.15, -0.1) is 0 Å². The minimum Gasteiger partial charge on any atom is -0.497 e. The van der Waals surface area contributed by atoms with Gasteiger partial charge in [-0.05, 0) is 47.4 Å². The van der Waals surface area contributed by atoms with Crippen LogP contribution in [0.15, 0.2) is 101 Å². The normalized spacial score (nSPS) is 17.8. The van der Waals surface area contributed by atoms with Crippen LogP contribution in [0.1, 0.15) is 55.5 Å². The molecule has 16 heteroatoms. The van der Waals surface area contributed by atoms with Crippen molar-refractivity contribution in [3.63, 3.8) is 0 Å². The molecule has 0 spiro atoms. The van der Waals surface area contributed by atoms with Crippen molar-refractivity contribution in [2.75, 3.05) is 34.0 Å². The highest BCUT2D eigenvalue weighted by molar-refractivity contribution is 5.82. The second kappa shape index (κ2) is 19.5. The second-order valence-electron chi connectivity index (χ2n) is 12.9. The Kier molecular flexibility index (Phi) is 14.4. The summed E-state index contributed by atoms with van der Waals surface area (Å²) in [5.41, 5.74) is -0.937. The zero-order valence-corrected chi connectivity index (χ0v) is 31.3. The number of hydrogen-bond donors (Lipinski definition) is 4. The molecule has 56 heavy (non-hydrogen) atoms. The van der Waals surface area contributed by atoms with E-state index in [1.807, 2.05) is 61.5 Å². The van der Waals surface area contributed by atoms with E-state index in [2.05, 4.69) is 20.9 Å². The molecule has 1 unspecified atom stereocenters. The summed E-state index contributed by atoms with van der Waals surface area (Å²) < 4.78 is 46.8. The maximum absolute atomic E-state index is 16.5. The lowest BCUT2D eigenvalue weighted by atomic mass is 9.80. The van der Waals surface area contributed by atoms with Gasteiger partial charge in [0, 0.05) is 25.2 Å². The largest absolute Gasteiger partial charge is 0.497 e. The molecule has 3 amide bonds.